The average Bonchev–Trinajstić information content (AvgIpc) is 2.38. The van der Waals surface area contributed by atoms with Crippen LogP contribution in [0.15, 0.2) is 0 Å². The molecule has 118 valence electrons. The van der Waals surface area contributed by atoms with Crippen LogP contribution in [0.2, 0.25) is 0 Å². The third-order valence-electron chi connectivity index (χ3n) is 3.91. The molecule has 21 heavy (non-hydrogen) atoms. The molecule has 0 aromatic heterocycles. The number of barbiturate groups is 1. The van der Waals surface area contributed by atoms with Gasteiger partial charge in [-0.3, -0.25) is 24.6 Å². The fourth-order valence-electron chi connectivity index (χ4n) is 2.44. The minimum Gasteiger partial charge on any atom is -0.352 e. The van der Waals surface area contributed by atoms with Crippen LogP contribution in [-0.4, -0.2) is 40.7 Å². The molecule has 1 saturated heterocycles. The molecule has 1 fully saturated rings. The predicted molar refractivity (Wildman–Crippen MR) is 76.1 cm³/mol. The normalized spacial score (nSPS) is 19.5. The Morgan fingerprint density at radius 3 is 2.14 bits per heavy atom. The van der Waals surface area contributed by atoms with Crippen LogP contribution in [0.1, 0.15) is 47.5 Å². The van der Waals surface area contributed by atoms with Crippen molar-refractivity contribution in [1.29, 1.82) is 0 Å². The lowest BCUT2D eigenvalue weighted by Crippen LogP contribution is -2.67. The van der Waals surface area contributed by atoms with Crippen molar-refractivity contribution in [2.45, 2.75) is 59.5 Å². The monoisotopic (exact) mass is 297 g/mol. The fraction of sp³-hybridized carbons (Fsp3) is 0.714. The van der Waals surface area contributed by atoms with Crippen LogP contribution in [0, 0.1) is 5.41 Å². The number of rotatable bonds is 5. The smallest absolute Gasteiger partial charge is 0.331 e. The highest BCUT2D eigenvalue weighted by Gasteiger charge is 2.53. The summed E-state index contributed by atoms with van der Waals surface area (Å²) in [6.07, 6.45) is 0.549. The number of nitrogens with zero attached hydrogens (tertiary/aromatic N) is 1. The highest BCUT2D eigenvalue weighted by molar-refractivity contribution is 6.20. The fourth-order valence-corrected chi connectivity index (χ4v) is 2.44. The molecule has 2 N–H and O–H groups in total. The molecule has 0 saturated carbocycles. The third kappa shape index (κ3) is 2.91. The van der Waals surface area contributed by atoms with Gasteiger partial charge in [-0.1, -0.05) is 13.8 Å². The number of imide groups is 2. The van der Waals surface area contributed by atoms with Crippen LogP contribution >= 0.6 is 0 Å². The van der Waals surface area contributed by atoms with E-state index < -0.39 is 35.2 Å². The molecule has 5 amide bonds. The molecule has 1 atom stereocenters. The summed E-state index contributed by atoms with van der Waals surface area (Å²) in [6, 6.07) is -1.91. The van der Waals surface area contributed by atoms with Gasteiger partial charge in [0.1, 0.15) is 11.5 Å². The number of carbonyl (C=O) groups excluding carboxylic acids is 4. The summed E-state index contributed by atoms with van der Waals surface area (Å²) in [4.78, 5) is 49.5. The van der Waals surface area contributed by atoms with Gasteiger partial charge < -0.3 is 5.32 Å². The second-order valence-corrected chi connectivity index (χ2v) is 5.56. The Morgan fingerprint density at radius 1 is 1.19 bits per heavy atom. The first-order chi connectivity index (χ1) is 9.71. The lowest BCUT2D eigenvalue weighted by molar-refractivity contribution is -0.155. The van der Waals surface area contributed by atoms with E-state index in [0.29, 0.717) is 0 Å². The van der Waals surface area contributed by atoms with Crippen LogP contribution < -0.4 is 10.6 Å². The van der Waals surface area contributed by atoms with E-state index in [1.165, 1.54) is 6.92 Å². The standard InChI is InChI=1S/C14H23N3O4/c1-6-14(7-2)11(19)16-13(21)17(12(14)20)9(5)10(18)15-8(3)4/h8-9H,6-7H2,1-5H3,(H,15,18)(H,16,19,21). The van der Waals surface area contributed by atoms with Gasteiger partial charge in [0.15, 0.2) is 0 Å². The van der Waals surface area contributed by atoms with E-state index in [9.17, 15) is 19.2 Å². The molecule has 0 aromatic carbocycles. The first-order valence-electron chi connectivity index (χ1n) is 7.20. The predicted octanol–water partition coefficient (Wildman–Crippen LogP) is 0.784. The van der Waals surface area contributed by atoms with Gasteiger partial charge in [-0.2, -0.15) is 0 Å². The average molecular weight is 297 g/mol. The van der Waals surface area contributed by atoms with Gasteiger partial charge in [0.25, 0.3) is 0 Å². The number of amides is 5. The lowest BCUT2D eigenvalue weighted by atomic mass is 9.78. The molecule has 0 aromatic rings. The molecule has 0 aliphatic carbocycles. The van der Waals surface area contributed by atoms with Crippen molar-refractivity contribution in [2.75, 3.05) is 0 Å². The Hall–Kier alpha value is -1.92. The second-order valence-electron chi connectivity index (χ2n) is 5.56. The van der Waals surface area contributed by atoms with E-state index in [0.717, 1.165) is 4.90 Å². The summed E-state index contributed by atoms with van der Waals surface area (Å²) in [5.74, 6) is -1.62. The van der Waals surface area contributed by atoms with Gasteiger partial charge in [-0.25, -0.2) is 4.79 Å². The van der Waals surface area contributed by atoms with E-state index >= 15 is 0 Å². The second kappa shape index (κ2) is 6.24. The SMILES string of the molecule is CCC1(CC)C(=O)NC(=O)N(C(C)C(=O)NC(C)C)C1=O. The lowest BCUT2D eigenvalue weighted by Gasteiger charge is -2.40. The van der Waals surface area contributed by atoms with Crippen LogP contribution in [-0.2, 0) is 14.4 Å². The van der Waals surface area contributed by atoms with Gasteiger partial charge in [-0.05, 0) is 33.6 Å². The summed E-state index contributed by atoms with van der Waals surface area (Å²) in [5, 5.41) is 4.85. The molecule has 0 bridgehead atoms. The van der Waals surface area contributed by atoms with Crippen molar-refractivity contribution in [2.24, 2.45) is 5.41 Å². The molecule has 7 heteroatoms. The zero-order valence-electron chi connectivity index (χ0n) is 13.1. The Labute approximate surface area is 124 Å². The summed E-state index contributed by atoms with van der Waals surface area (Å²) in [5.41, 5.74) is -1.28. The number of carbonyl (C=O) groups is 4. The quantitative estimate of drug-likeness (QED) is 0.733. The van der Waals surface area contributed by atoms with Crippen LogP contribution in [0.4, 0.5) is 4.79 Å². The molecule has 1 aliphatic heterocycles. The highest BCUT2D eigenvalue weighted by Crippen LogP contribution is 2.33. The van der Waals surface area contributed by atoms with Crippen molar-refractivity contribution in [3.05, 3.63) is 0 Å². The van der Waals surface area contributed by atoms with Crippen LogP contribution in [0.3, 0.4) is 0 Å². The molecule has 0 radical (unpaired) electrons. The van der Waals surface area contributed by atoms with E-state index in [4.69, 9.17) is 0 Å². The van der Waals surface area contributed by atoms with Gasteiger partial charge in [0, 0.05) is 6.04 Å². The van der Waals surface area contributed by atoms with Gasteiger partial charge >= 0.3 is 6.03 Å². The van der Waals surface area contributed by atoms with Crippen molar-refractivity contribution in [3.8, 4) is 0 Å². The van der Waals surface area contributed by atoms with Crippen molar-refractivity contribution < 1.29 is 19.2 Å². The Kier molecular flexibility index (Phi) is 5.09. The largest absolute Gasteiger partial charge is 0.352 e. The minimum atomic E-state index is -1.28. The topological polar surface area (TPSA) is 95.6 Å². The number of hydrogen-bond donors (Lipinski definition) is 2. The zero-order chi connectivity index (χ0) is 16.4. The van der Waals surface area contributed by atoms with Crippen molar-refractivity contribution >= 4 is 23.8 Å². The van der Waals surface area contributed by atoms with Gasteiger partial charge in [-0.15, -0.1) is 0 Å². The van der Waals surface area contributed by atoms with Crippen molar-refractivity contribution in [1.82, 2.24) is 15.5 Å². The molecule has 1 rings (SSSR count). The Balaban J connectivity index is 3.11. The number of urea groups is 1. The zero-order valence-corrected chi connectivity index (χ0v) is 13.1. The molecule has 7 nitrogen and oxygen atoms in total. The summed E-state index contributed by atoms with van der Waals surface area (Å²) < 4.78 is 0. The maximum absolute atomic E-state index is 12.6. The van der Waals surface area contributed by atoms with Gasteiger partial charge in [0.05, 0.1) is 0 Å². The van der Waals surface area contributed by atoms with Crippen molar-refractivity contribution in [3.63, 3.8) is 0 Å². The van der Waals surface area contributed by atoms with Gasteiger partial charge in [0.2, 0.25) is 17.7 Å². The molecular formula is C14H23N3O4. The molecule has 1 unspecified atom stereocenters. The maximum Gasteiger partial charge on any atom is 0.331 e. The molecular weight excluding hydrogens is 274 g/mol. The molecule has 1 heterocycles. The first-order valence-corrected chi connectivity index (χ1v) is 7.20. The Bertz CT molecular complexity index is 469. The Morgan fingerprint density at radius 2 is 1.71 bits per heavy atom. The van der Waals surface area contributed by atoms with Crippen LogP contribution in [0.25, 0.3) is 0 Å². The number of hydrogen-bond acceptors (Lipinski definition) is 4. The minimum absolute atomic E-state index is 0.105. The van der Waals surface area contributed by atoms with E-state index in [2.05, 4.69) is 10.6 Å². The third-order valence-corrected chi connectivity index (χ3v) is 3.91. The maximum atomic E-state index is 12.6. The summed E-state index contributed by atoms with van der Waals surface area (Å²) >= 11 is 0. The van der Waals surface area contributed by atoms with E-state index in [-0.39, 0.29) is 18.9 Å². The highest BCUT2D eigenvalue weighted by atomic mass is 16.2. The summed E-state index contributed by atoms with van der Waals surface area (Å²) in [7, 11) is 0. The molecule has 0 spiro atoms. The first kappa shape index (κ1) is 17.1. The van der Waals surface area contributed by atoms with E-state index in [1.54, 1.807) is 27.7 Å². The molecule has 1 aliphatic rings. The van der Waals surface area contributed by atoms with E-state index in [1.807, 2.05) is 0 Å². The summed E-state index contributed by atoms with van der Waals surface area (Å²) in [6.45, 7) is 8.48. The number of nitrogens with one attached hydrogen (secondary N) is 2. The van der Waals surface area contributed by atoms with Crippen LogP contribution in [0.5, 0.6) is 0 Å².